The maximum atomic E-state index is 11.2. The minimum absolute atomic E-state index is 0.202. The van der Waals surface area contributed by atoms with Crippen LogP contribution in [-0.2, 0) is 12.8 Å². The van der Waals surface area contributed by atoms with Gasteiger partial charge in [-0.25, -0.2) is 9.78 Å². The Bertz CT molecular complexity index is 620. The van der Waals surface area contributed by atoms with Crippen LogP contribution in [0.4, 0.5) is 0 Å². The second-order valence-corrected chi connectivity index (χ2v) is 4.84. The van der Waals surface area contributed by atoms with Crippen molar-refractivity contribution in [3.8, 4) is 11.6 Å². The molecule has 0 aliphatic rings. The minimum atomic E-state index is -0.971. The van der Waals surface area contributed by atoms with Crippen molar-refractivity contribution in [2.45, 2.75) is 33.1 Å². The Labute approximate surface area is 124 Å². The lowest BCUT2D eigenvalue weighted by Gasteiger charge is -2.08. The van der Waals surface area contributed by atoms with Crippen LogP contribution >= 0.6 is 0 Å². The number of pyridine rings is 1. The Morgan fingerprint density at radius 2 is 1.90 bits per heavy atom. The maximum absolute atomic E-state index is 11.2. The Balaban J connectivity index is 2.26. The van der Waals surface area contributed by atoms with E-state index in [1.807, 2.05) is 31.2 Å². The van der Waals surface area contributed by atoms with E-state index in [1.165, 1.54) is 11.6 Å². The van der Waals surface area contributed by atoms with E-state index in [0.29, 0.717) is 11.6 Å². The van der Waals surface area contributed by atoms with Crippen LogP contribution in [0.5, 0.6) is 11.6 Å². The Kier molecular flexibility index (Phi) is 4.93. The molecule has 2 aromatic rings. The first kappa shape index (κ1) is 15.0. The average molecular weight is 285 g/mol. The summed E-state index contributed by atoms with van der Waals surface area (Å²) in [6, 6.07) is 10.8. The molecular formula is C17H19NO3. The molecule has 0 bridgehead atoms. The summed E-state index contributed by atoms with van der Waals surface area (Å²) in [5.41, 5.74) is 2.16. The SMILES string of the molecule is CCCc1cc(C(=O)O)cc(Oc2ccc(CC)cc2)n1. The van der Waals surface area contributed by atoms with Gasteiger partial charge in [-0.15, -0.1) is 0 Å². The van der Waals surface area contributed by atoms with E-state index in [4.69, 9.17) is 9.84 Å². The molecule has 0 aliphatic heterocycles. The lowest BCUT2D eigenvalue weighted by molar-refractivity contribution is 0.0696. The number of aromatic nitrogens is 1. The number of aryl methyl sites for hydroxylation is 2. The number of rotatable bonds is 6. The molecule has 1 heterocycles. The Hall–Kier alpha value is -2.36. The van der Waals surface area contributed by atoms with Gasteiger partial charge in [0.15, 0.2) is 0 Å². The summed E-state index contributed by atoms with van der Waals surface area (Å²) in [6.45, 7) is 4.11. The molecule has 21 heavy (non-hydrogen) atoms. The van der Waals surface area contributed by atoms with Crippen molar-refractivity contribution in [2.24, 2.45) is 0 Å². The molecule has 0 spiro atoms. The van der Waals surface area contributed by atoms with Crippen molar-refractivity contribution in [1.29, 1.82) is 0 Å². The molecule has 0 saturated heterocycles. The zero-order chi connectivity index (χ0) is 15.2. The van der Waals surface area contributed by atoms with Crippen LogP contribution in [0, 0.1) is 0 Å². The largest absolute Gasteiger partial charge is 0.478 e. The monoisotopic (exact) mass is 285 g/mol. The molecule has 1 N–H and O–H groups in total. The predicted octanol–water partition coefficient (Wildman–Crippen LogP) is 4.09. The normalized spacial score (nSPS) is 10.4. The van der Waals surface area contributed by atoms with Crippen molar-refractivity contribution >= 4 is 5.97 Å². The van der Waals surface area contributed by atoms with E-state index in [2.05, 4.69) is 11.9 Å². The fourth-order valence-electron chi connectivity index (χ4n) is 2.03. The van der Waals surface area contributed by atoms with Crippen LogP contribution in [0.25, 0.3) is 0 Å². The van der Waals surface area contributed by atoms with Crippen molar-refractivity contribution < 1.29 is 14.6 Å². The summed E-state index contributed by atoms with van der Waals surface area (Å²) >= 11 is 0. The molecule has 0 aliphatic carbocycles. The highest BCUT2D eigenvalue weighted by Crippen LogP contribution is 2.22. The number of carboxylic acid groups (broad SMARTS) is 1. The van der Waals surface area contributed by atoms with E-state index >= 15 is 0 Å². The summed E-state index contributed by atoms with van der Waals surface area (Å²) < 4.78 is 5.68. The van der Waals surface area contributed by atoms with Gasteiger partial charge in [-0.3, -0.25) is 0 Å². The summed E-state index contributed by atoms with van der Waals surface area (Å²) in [6.07, 6.45) is 2.60. The Morgan fingerprint density at radius 1 is 1.19 bits per heavy atom. The van der Waals surface area contributed by atoms with E-state index in [-0.39, 0.29) is 5.56 Å². The average Bonchev–Trinajstić information content (AvgIpc) is 2.48. The van der Waals surface area contributed by atoms with Crippen LogP contribution in [-0.4, -0.2) is 16.1 Å². The molecule has 0 unspecified atom stereocenters. The fraction of sp³-hybridized carbons (Fsp3) is 0.294. The summed E-state index contributed by atoms with van der Waals surface area (Å²) in [4.78, 5) is 15.5. The molecule has 1 aromatic heterocycles. The molecule has 110 valence electrons. The van der Waals surface area contributed by atoms with Gasteiger partial charge in [0, 0.05) is 11.8 Å². The number of ether oxygens (including phenoxy) is 1. The van der Waals surface area contributed by atoms with Gasteiger partial charge < -0.3 is 9.84 Å². The van der Waals surface area contributed by atoms with Crippen molar-refractivity contribution in [3.05, 3.63) is 53.2 Å². The third-order valence-electron chi connectivity index (χ3n) is 3.16. The standard InChI is InChI=1S/C17H19NO3/c1-3-5-14-10-13(17(19)20)11-16(18-14)21-15-8-6-12(4-2)7-9-15/h6-11H,3-5H2,1-2H3,(H,19,20). The maximum Gasteiger partial charge on any atom is 0.335 e. The molecule has 4 nitrogen and oxygen atoms in total. The van der Waals surface area contributed by atoms with Crippen molar-refractivity contribution in [3.63, 3.8) is 0 Å². The molecule has 0 fully saturated rings. The molecule has 0 saturated carbocycles. The predicted molar refractivity (Wildman–Crippen MR) is 81.1 cm³/mol. The first-order valence-electron chi connectivity index (χ1n) is 7.13. The number of aromatic carboxylic acids is 1. The smallest absolute Gasteiger partial charge is 0.335 e. The van der Waals surface area contributed by atoms with Crippen LogP contribution in [0.1, 0.15) is 41.9 Å². The summed E-state index contributed by atoms with van der Waals surface area (Å²) in [5, 5.41) is 9.15. The number of carbonyl (C=O) groups is 1. The van der Waals surface area contributed by atoms with Gasteiger partial charge in [0.1, 0.15) is 5.75 Å². The number of benzene rings is 1. The van der Waals surface area contributed by atoms with Crippen LogP contribution in [0.2, 0.25) is 0 Å². The van der Waals surface area contributed by atoms with Gasteiger partial charge in [0.05, 0.1) is 5.56 Å². The second kappa shape index (κ2) is 6.88. The zero-order valence-corrected chi connectivity index (χ0v) is 12.3. The van der Waals surface area contributed by atoms with Crippen LogP contribution < -0.4 is 4.74 Å². The van der Waals surface area contributed by atoms with Gasteiger partial charge in [-0.05, 0) is 36.6 Å². The van der Waals surface area contributed by atoms with E-state index in [0.717, 1.165) is 25.0 Å². The third kappa shape index (κ3) is 4.05. The van der Waals surface area contributed by atoms with Gasteiger partial charge in [0.2, 0.25) is 5.88 Å². The lowest BCUT2D eigenvalue weighted by atomic mass is 10.1. The molecule has 2 rings (SSSR count). The highest BCUT2D eigenvalue weighted by molar-refractivity contribution is 5.88. The molecule has 0 atom stereocenters. The summed E-state index contributed by atoms with van der Waals surface area (Å²) in [5.74, 6) is 0.00761. The Morgan fingerprint density at radius 3 is 2.48 bits per heavy atom. The molecule has 0 amide bonds. The molecule has 0 radical (unpaired) electrons. The van der Waals surface area contributed by atoms with Crippen LogP contribution in [0.15, 0.2) is 36.4 Å². The van der Waals surface area contributed by atoms with Gasteiger partial charge in [-0.2, -0.15) is 0 Å². The van der Waals surface area contributed by atoms with Gasteiger partial charge in [-0.1, -0.05) is 32.4 Å². The van der Waals surface area contributed by atoms with E-state index in [9.17, 15) is 4.79 Å². The van der Waals surface area contributed by atoms with E-state index in [1.54, 1.807) is 6.07 Å². The molecule has 1 aromatic carbocycles. The van der Waals surface area contributed by atoms with Gasteiger partial charge >= 0.3 is 5.97 Å². The second-order valence-electron chi connectivity index (χ2n) is 4.84. The quantitative estimate of drug-likeness (QED) is 0.868. The molecule has 4 heteroatoms. The minimum Gasteiger partial charge on any atom is -0.478 e. The number of nitrogens with zero attached hydrogens (tertiary/aromatic N) is 1. The first-order chi connectivity index (χ1) is 10.1. The third-order valence-corrected chi connectivity index (χ3v) is 3.16. The summed E-state index contributed by atoms with van der Waals surface area (Å²) in [7, 11) is 0. The van der Waals surface area contributed by atoms with Crippen LogP contribution in [0.3, 0.4) is 0 Å². The van der Waals surface area contributed by atoms with E-state index < -0.39 is 5.97 Å². The first-order valence-corrected chi connectivity index (χ1v) is 7.13. The fourth-order valence-corrected chi connectivity index (χ4v) is 2.03. The zero-order valence-electron chi connectivity index (χ0n) is 12.3. The highest BCUT2D eigenvalue weighted by Gasteiger charge is 2.10. The van der Waals surface area contributed by atoms with Gasteiger partial charge in [0.25, 0.3) is 0 Å². The number of carboxylic acids is 1. The highest BCUT2D eigenvalue weighted by atomic mass is 16.5. The topological polar surface area (TPSA) is 59.4 Å². The number of hydrogen-bond acceptors (Lipinski definition) is 3. The van der Waals surface area contributed by atoms with Crippen molar-refractivity contribution in [1.82, 2.24) is 4.98 Å². The number of hydrogen-bond donors (Lipinski definition) is 1. The lowest BCUT2D eigenvalue weighted by Crippen LogP contribution is -2.02. The van der Waals surface area contributed by atoms with Crippen molar-refractivity contribution in [2.75, 3.05) is 0 Å². The molecular weight excluding hydrogens is 266 g/mol.